The zero-order valence-corrected chi connectivity index (χ0v) is 11.0. The molecule has 2 N–H and O–H groups in total. The van der Waals surface area contributed by atoms with Gasteiger partial charge in [0.15, 0.2) is 0 Å². The van der Waals surface area contributed by atoms with Gasteiger partial charge in [-0.3, -0.25) is 4.79 Å². The number of nitrogens with one attached hydrogen (secondary N) is 1. The first-order valence-electron chi connectivity index (χ1n) is 5.22. The number of rotatable bonds is 5. The number of aliphatic carboxylic acids is 1. The summed E-state index contributed by atoms with van der Waals surface area (Å²) in [5.74, 6) is -0.734. The summed E-state index contributed by atoms with van der Waals surface area (Å²) in [4.78, 5) is 11.0. The smallest absolute Gasteiger partial charge is 0.320 e. The Morgan fingerprint density at radius 3 is 2.56 bits per heavy atom. The van der Waals surface area contributed by atoms with Gasteiger partial charge in [-0.15, -0.1) is 0 Å². The quantitative estimate of drug-likeness (QED) is 0.875. The highest BCUT2D eigenvalue weighted by Crippen LogP contribution is 2.16. The number of carbonyl (C=O) groups is 1. The first kappa shape index (κ1) is 13.2. The van der Waals surface area contributed by atoms with Gasteiger partial charge < -0.3 is 10.4 Å². The molecule has 0 aliphatic heterocycles. The minimum atomic E-state index is -0.804. The highest BCUT2D eigenvalue weighted by Gasteiger charge is 2.20. The van der Waals surface area contributed by atoms with E-state index in [2.05, 4.69) is 21.2 Å². The molecule has 0 heterocycles. The van der Waals surface area contributed by atoms with Gasteiger partial charge in [0.25, 0.3) is 0 Å². The Hall–Kier alpha value is -0.870. The molecule has 1 atom stereocenters. The maximum Gasteiger partial charge on any atom is 0.320 e. The number of benzene rings is 1. The van der Waals surface area contributed by atoms with Gasteiger partial charge in [-0.1, -0.05) is 48.0 Å². The van der Waals surface area contributed by atoms with Gasteiger partial charge in [-0.05, 0) is 17.5 Å². The summed E-state index contributed by atoms with van der Waals surface area (Å²) in [6, 6.07) is 7.28. The van der Waals surface area contributed by atoms with E-state index in [9.17, 15) is 4.79 Å². The van der Waals surface area contributed by atoms with Crippen LogP contribution in [0.3, 0.4) is 0 Å². The highest BCUT2D eigenvalue weighted by molar-refractivity contribution is 9.10. The molecular formula is C12H16BrNO2. The summed E-state index contributed by atoms with van der Waals surface area (Å²) in [5, 5.41) is 12.1. The molecule has 0 spiro atoms. The normalized spacial score (nSPS) is 12.8. The molecule has 0 fully saturated rings. The summed E-state index contributed by atoms with van der Waals surface area (Å²) < 4.78 is 0.996. The lowest BCUT2D eigenvalue weighted by Gasteiger charge is -2.18. The van der Waals surface area contributed by atoms with E-state index >= 15 is 0 Å². The molecule has 0 amide bonds. The molecule has 0 aliphatic carbocycles. The average Bonchev–Trinajstić information content (AvgIpc) is 2.20. The van der Waals surface area contributed by atoms with Crippen LogP contribution in [0.1, 0.15) is 19.4 Å². The summed E-state index contributed by atoms with van der Waals surface area (Å²) in [7, 11) is 0. The maximum absolute atomic E-state index is 11.0. The largest absolute Gasteiger partial charge is 0.480 e. The van der Waals surface area contributed by atoms with E-state index in [1.54, 1.807) is 0 Å². The molecule has 1 aromatic rings. The van der Waals surface area contributed by atoms with Gasteiger partial charge in [0.1, 0.15) is 6.04 Å². The zero-order chi connectivity index (χ0) is 12.1. The van der Waals surface area contributed by atoms with Crippen molar-refractivity contribution < 1.29 is 9.90 Å². The lowest BCUT2D eigenvalue weighted by atomic mass is 10.0. The molecule has 0 unspecified atom stereocenters. The van der Waals surface area contributed by atoms with Crippen LogP contribution in [0, 0.1) is 5.92 Å². The van der Waals surface area contributed by atoms with Gasteiger partial charge >= 0.3 is 5.97 Å². The second-order valence-corrected chi connectivity index (χ2v) is 4.89. The van der Waals surface area contributed by atoms with Crippen molar-refractivity contribution in [2.45, 2.75) is 26.4 Å². The fraction of sp³-hybridized carbons (Fsp3) is 0.417. The predicted octanol–water partition coefficient (Wildman–Crippen LogP) is 2.65. The topological polar surface area (TPSA) is 49.3 Å². The molecule has 1 aromatic carbocycles. The number of halogens is 1. The van der Waals surface area contributed by atoms with Crippen molar-refractivity contribution in [3.63, 3.8) is 0 Å². The van der Waals surface area contributed by atoms with E-state index < -0.39 is 12.0 Å². The van der Waals surface area contributed by atoms with Gasteiger partial charge in [0.05, 0.1) is 0 Å². The van der Waals surface area contributed by atoms with Crippen LogP contribution in [0.15, 0.2) is 28.7 Å². The Balaban J connectivity index is 2.63. The summed E-state index contributed by atoms with van der Waals surface area (Å²) in [6.45, 7) is 4.34. The van der Waals surface area contributed by atoms with E-state index in [1.807, 2.05) is 38.1 Å². The third-order valence-corrected chi connectivity index (χ3v) is 3.18. The Labute approximate surface area is 104 Å². The lowest BCUT2D eigenvalue weighted by molar-refractivity contribution is -0.140. The van der Waals surface area contributed by atoms with E-state index in [-0.39, 0.29) is 5.92 Å². The van der Waals surface area contributed by atoms with Crippen molar-refractivity contribution in [2.24, 2.45) is 5.92 Å². The van der Waals surface area contributed by atoms with Gasteiger partial charge in [-0.25, -0.2) is 0 Å². The molecule has 0 radical (unpaired) electrons. The number of carboxylic acid groups (broad SMARTS) is 1. The monoisotopic (exact) mass is 285 g/mol. The minimum absolute atomic E-state index is 0.0694. The maximum atomic E-state index is 11.0. The van der Waals surface area contributed by atoms with Gasteiger partial charge in [0, 0.05) is 11.0 Å². The second kappa shape index (κ2) is 6.01. The van der Waals surface area contributed by atoms with E-state index in [1.165, 1.54) is 0 Å². The summed E-state index contributed by atoms with van der Waals surface area (Å²) in [6.07, 6.45) is 0. The van der Waals surface area contributed by atoms with Crippen LogP contribution in [0.2, 0.25) is 0 Å². The van der Waals surface area contributed by atoms with E-state index in [0.717, 1.165) is 10.0 Å². The molecular weight excluding hydrogens is 270 g/mol. The van der Waals surface area contributed by atoms with E-state index in [4.69, 9.17) is 5.11 Å². The molecule has 4 heteroatoms. The molecule has 0 aliphatic rings. The Morgan fingerprint density at radius 1 is 1.44 bits per heavy atom. The molecule has 0 saturated heterocycles. The molecule has 0 saturated carbocycles. The third-order valence-electron chi connectivity index (χ3n) is 2.40. The number of hydrogen-bond donors (Lipinski definition) is 2. The van der Waals surface area contributed by atoms with Crippen molar-refractivity contribution >= 4 is 21.9 Å². The summed E-state index contributed by atoms with van der Waals surface area (Å²) in [5.41, 5.74) is 1.06. The average molecular weight is 286 g/mol. The van der Waals surface area contributed by atoms with Crippen LogP contribution in [0.25, 0.3) is 0 Å². The predicted molar refractivity (Wildman–Crippen MR) is 67.2 cm³/mol. The van der Waals surface area contributed by atoms with Crippen molar-refractivity contribution in [3.05, 3.63) is 34.3 Å². The fourth-order valence-electron chi connectivity index (χ4n) is 1.47. The van der Waals surface area contributed by atoms with E-state index in [0.29, 0.717) is 6.54 Å². The van der Waals surface area contributed by atoms with Crippen LogP contribution in [0.4, 0.5) is 0 Å². The van der Waals surface area contributed by atoms with Crippen LogP contribution in [-0.4, -0.2) is 17.1 Å². The molecule has 3 nitrogen and oxygen atoms in total. The highest BCUT2D eigenvalue weighted by atomic mass is 79.9. The molecule has 1 rings (SSSR count). The van der Waals surface area contributed by atoms with Gasteiger partial charge in [0.2, 0.25) is 0 Å². The first-order chi connectivity index (χ1) is 7.52. The Bertz CT molecular complexity index is 366. The SMILES string of the molecule is CC(C)[C@@H](NCc1ccccc1Br)C(=O)O. The zero-order valence-electron chi connectivity index (χ0n) is 9.40. The fourth-order valence-corrected chi connectivity index (χ4v) is 1.89. The standard InChI is InChI=1S/C12H16BrNO2/c1-8(2)11(12(15)16)14-7-9-5-3-4-6-10(9)13/h3-6,8,11,14H,7H2,1-2H3,(H,15,16)/t11-/m1/s1. The third kappa shape index (κ3) is 3.61. The second-order valence-electron chi connectivity index (χ2n) is 4.03. The number of hydrogen-bond acceptors (Lipinski definition) is 2. The minimum Gasteiger partial charge on any atom is -0.480 e. The lowest BCUT2D eigenvalue weighted by Crippen LogP contribution is -2.40. The van der Waals surface area contributed by atoms with Gasteiger partial charge in [-0.2, -0.15) is 0 Å². The Kier molecular flexibility index (Phi) is 4.96. The van der Waals surface area contributed by atoms with Crippen LogP contribution >= 0.6 is 15.9 Å². The van der Waals surface area contributed by atoms with Crippen LogP contribution in [-0.2, 0) is 11.3 Å². The molecule has 0 aromatic heterocycles. The first-order valence-corrected chi connectivity index (χ1v) is 6.01. The molecule has 0 bridgehead atoms. The number of carboxylic acids is 1. The Morgan fingerprint density at radius 2 is 2.06 bits per heavy atom. The summed E-state index contributed by atoms with van der Waals surface area (Å²) >= 11 is 3.43. The van der Waals surface area contributed by atoms with Crippen LogP contribution < -0.4 is 5.32 Å². The van der Waals surface area contributed by atoms with Crippen molar-refractivity contribution in [1.82, 2.24) is 5.32 Å². The van der Waals surface area contributed by atoms with Crippen molar-refractivity contribution in [3.8, 4) is 0 Å². The van der Waals surface area contributed by atoms with Crippen molar-refractivity contribution in [1.29, 1.82) is 0 Å². The van der Waals surface area contributed by atoms with Crippen molar-refractivity contribution in [2.75, 3.05) is 0 Å². The molecule has 88 valence electrons. The molecule has 16 heavy (non-hydrogen) atoms. The van der Waals surface area contributed by atoms with Crippen LogP contribution in [0.5, 0.6) is 0 Å².